The second kappa shape index (κ2) is 5.66. The Balaban J connectivity index is 2.06. The van der Waals surface area contributed by atoms with Crippen LogP contribution in [0.4, 0.5) is 4.39 Å². The zero-order valence-corrected chi connectivity index (χ0v) is 14.2. The highest BCUT2D eigenvalue weighted by Gasteiger charge is 2.23. The number of alkyl halides is 1. The molecule has 1 unspecified atom stereocenters. The molecule has 0 saturated heterocycles. The van der Waals surface area contributed by atoms with Gasteiger partial charge in [-0.1, -0.05) is 33.6 Å². The normalized spacial score (nSPS) is 14.8. The second-order valence-electron chi connectivity index (χ2n) is 4.62. The minimum Gasteiger partial charge on any atom is -0.493 e. The third kappa shape index (κ3) is 2.61. The lowest BCUT2D eigenvalue weighted by Crippen LogP contribution is -1.98. The zero-order chi connectivity index (χ0) is 14.3. The monoisotopic (exact) mass is 418 g/mol. The van der Waals surface area contributed by atoms with E-state index in [1.807, 2.05) is 18.2 Å². The van der Waals surface area contributed by atoms with Crippen molar-refractivity contribution < 1.29 is 9.13 Å². The van der Waals surface area contributed by atoms with Crippen LogP contribution in [0.3, 0.4) is 0 Å². The molecule has 104 valence electrons. The standard InChI is InChI=1S/C15H10Br2ClFO/c16-12-2-1-8(6-13(12)19)14(17)11-7-10(18)5-9-3-4-20-15(9)11/h1-2,5-7,14H,3-4H2. The van der Waals surface area contributed by atoms with Gasteiger partial charge in [-0.15, -0.1) is 0 Å². The van der Waals surface area contributed by atoms with Crippen molar-refractivity contribution in [2.24, 2.45) is 0 Å². The summed E-state index contributed by atoms with van der Waals surface area (Å²) in [7, 11) is 0. The maximum atomic E-state index is 13.7. The van der Waals surface area contributed by atoms with Crippen molar-refractivity contribution in [2.75, 3.05) is 6.61 Å². The van der Waals surface area contributed by atoms with E-state index < -0.39 is 0 Å². The van der Waals surface area contributed by atoms with E-state index in [1.54, 1.807) is 6.07 Å². The molecule has 20 heavy (non-hydrogen) atoms. The van der Waals surface area contributed by atoms with Gasteiger partial charge in [-0.25, -0.2) is 4.39 Å². The van der Waals surface area contributed by atoms with E-state index >= 15 is 0 Å². The Labute approximate surface area is 138 Å². The highest BCUT2D eigenvalue weighted by molar-refractivity contribution is 9.10. The molecule has 1 aliphatic heterocycles. The first-order valence-electron chi connectivity index (χ1n) is 6.10. The van der Waals surface area contributed by atoms with Crippen LogP contribution in [0.15, 0.2) is 34.8 Å². The van der Waals surface area contributed by atoms with Crippen LogP contribution >= 0.6 is 43.5 Å². The lowest BCUT2D eigenvalue weighted by atomic mass is 10.0. The fourth-order valence-corrected chi connectivity index (χ4v) is 3.46. The molecule has 1 heterocycles. The smallest absolute Gasteiger partial charge is 0.137 e. The molecule has 0 saturated carbocycles. The molecule has 3 rings (SSSR count). The first-order valence-corrected chi connectivity index (χ1v) is 8.19. The summed E-state index contributed by atoms with van der Waals surface area (Å²) < 4.78 is 19.8. The summed E-state index contributed by atoms with van der Waals surface area (Å²) in [4.78, 5) is -0.157. The molecule has 0 aromatic heterocycles. The van der Waals surface area contributed by atoms with Gasteiger partial charge in [-0.3, -0.25) is 0 Å². The molecule has 1 aliphatic rings. The van der Waals surface area contributed by atoms with Gasteiger partial charge in [0.15, 0.2) is 0 Å². The number of fused-ring (bicyclic) bond motifs is 1. The first kappa shape index (κ1) is 14.4. The van der Waals surface area contributed by atoms with Crippen LogP contribution < -0.4 is 4.74 Å². The van der Waals surface area contributed by atoms with E-state index in [-0.39, 0.29) is 10.6 Å². The van der Waals surface area contributed by atoms with Gasteiger partial charge in [0.25, 0.3) is 0 Å². The molecular weight excluding hydrogens is 410 g/mol. The van der Waals surface area contributed by atoms with Crippen LogP contribution in [0.25, 0.3) is 0 Å². The van der Waals surface area contributed by atoms with Gasteiger partial charge in [-0.2, -0.15) is 0 Å². The van der Waals surface area contributed by atoms with Crippen LogP contribution in [-0.2, 0) is 6.42 Å². The number of hydrogen-bond donors (Lipinski definition) is 0. The van der Waals surface area contributed by atoms with Crippen LogP contribution in [0.1, 0.15) is 21.5 Å². The van der Waals surface area contributed by atoms with Gasteiger partial charge in [0.05, 0.1) is 15.9 Å². The molecule has 1 nitrogen and oxygen atoms in total. The lowest BCUT2D eigenvalue weighted by molar-refractivity contribution is 0.354. The fraction of sp³-hybridized carbons (Fsp3) is 0.200. The Hall–Kier alpha value is -0.580. The molecule has 0 radical (unpaired) electrons. The van der Waals surface area contributed by atoms with Crippen molar-refractivity contribution in [1.82, 2.24) is 0 Å². The Morgan fingerprint density at radius 1 is 1.25 bits per heavy atom. The molecule has 0 spiro atoms. The first-order chi connectivity index (χ1) is 9.56. The number of rotatable bonds is 2. The fourth-order valence-electron chi connectivity index (χ4n) is 2.34. The van der Waals surface area contributed by atoms with Gasteiger partial charge < -0.3 is 4.74 Å². The predicted molar refractivity (Wildman–Crippen MR) is 85.5 cm³/mol. The number of benzene rings is 2. The third-order valence-corrected chi connectivity index (χ3v) is 5.17. The van der Waals surface area contributed by atoms with Gasteiger partial charge in [0, 0.05) is 17.0 Å². The van der Waals surface area contributed by atoms with Crippen molar-refractivity contribution in [3.63, 3.8) is 0 Å². The molecule has 0 amide bonds. The molecule has 0 N–H and O–H groups in total. The molecule has 0 fully saturated rings. The average molecular weight is 421 g/mol. The van der Waals surface area contributed by atoms with Gasteiger partial charge >= 0.3 is 0 Å². The van der Waals surface area contributed by atoms with Crippen molar-refractivity contribution in [1.29, 1.82) is 0 Å². The largest absolute Gasteiger partial charge is 0.493 e. The van der Waals surface area contributed by atoms with Gasteiger partial charge in [0.1, 0.15) is 11.6 Å². The summed E-state index contributed by atoms with van der Waals surface area (Å²) in [5.41, 5.74) is 2.87. The van der Waals surface area contributed by atoms with E-state index in [0.717, 1.165) is 28.9 Å². The van der Waals surface area contributed by atoms with Gasteiger partial charge in [0.2, 0.25) is 0 Å². The Morgan fingerprint density at radius 3 is 2.80 bits per heavy atom. The molecular formula is C15H10Br2ClFO. The van der Waals surface area contributed by atoms with E-state index in [4.69, 9.17) is 16.3 Å². The maximum Gasteiger partial charge on any atom is 0.137 e. The second-order valence-corrected chi connectivity index (χ2v) is 6.82. The highest BCUT2D eigenvalue weighted by Crippen LogP contribution is 2.42. The van der Waals surface area contributed by atoms with Crippen molar-refractivity contribution in [3.05, 3.63) is 62.3 Å². The Kier molecular flexibility index (Phi) is 4.07. The van der Waals surface area contributed by atoms with Crippen molar-refractivity contribution in [2.45, 2.75) is 11.2 Å². The topological polar surface area (TPSA) is 9.23 Å². The SMILES string of the molecule is Fc1cc(C(Br)c2cc(Cl)cc3c2OCC3)ccc1Br. The number of hydrogen-bond acceptors (Lipinski definition) is 1. The van der Waals surface area contributed by atoms with Crippen molar-refractivity contribution in [3.8, 4) is 5.75 Å². The maximum absolute atomic E-state index is 13.7. The van der Waals surface area contributed by atoms with Crippen LogP contribution in [-0.4, -0.2) is 6.61 Å². The highest BCUT2D eigenvalue weighted by atomic mass is 79.9. The Bertz CT molecular complexity index is 675. The zero-order valence-electron chi connectivity index (χ0n) is 10.3. The van der Waals surface area contributed by atoms with E-state index in [0.29, 0.717) is 16.1 Å². The van der Waals surface area contributed by atoms with Crippen molar-refractivity contribution >= 4 is 43.5 Å². The summed E-state index contributed by atoms with van der Waals surface area (Å²) in [6, 6.07) is 8.87. The molecule has 2 aromatic rings. The molecule has 5 heteroatoms. The molecule has 1 atom stereocenters. The third-order valence-electron chi connectivity index (χ3n) is 3.29. The summed E-state index contributed by atoms with van der Waals surface area (Å²) >= 11 is 12.9. The van der Waals surface area contributed by atoms with Crippen LogP contribution in [0.2, 0.25) is 5.02 Å². The quantitative estimate of drug-likeness (QED) is 0.570. The van der Waals surface area contributed by atoms with Crippen LogP contribution in [0, 0.1) is 5.82 Å². The number of halogens is 4. The minimum absolute atomic E-state index is 0.157. The summed E-state index contributed by atoms with van der Waals surface area (Å²) in [6.45, 7) is 0.664. The van der Waals surface area contributed by atoms with E-state index in [1.165, 1.54) is 6.07 Å². The predicted octanol–water partition coefficient (Wildman–Crippen LogP) is 5.66. The molecule has 2 aromatic carbocycles. The average Bonchev–Trinajstić information content (AvgIpc) is 2.88. The summed E-state index contributed by atoms with van der Waals surface area (Å²) in [5, 5.41) is 0.672. The van der Waals surface area contributed by atoms with Crippen LogP contribution in [0.5, 0.6) is 5.75 Å². The van der Waals surface area contributed by atoms with E-state index in [9.17, 15) is 4.39 Å². The summed E-state index contributed by atoms with van der Waals surface area (Å²) in [6.07, 6.45) is 0.858. The van der Waals surface area contributed by atoms with Gasteiger partial charge in [-0.05, 0) is 51.3 Å². The minimum atomic E-state index is -0.286. The molecule has 0 aliphatic carbocycles. The molecule has 0 bridgehead atoms. The number of ether oxygens (including phenoxy) is 1. The summed E-state index contributed by atoms with van der Waals surface area (Å²) in [5.74, 6) is 0.575. The van der Waals surface area contributed by atoms with E-state index in [2.05, 4.69) is 31.9 Å². The Morgan fingerprint density at radius 2 is 2.05 bits per heavy atom. The lowest BCUT2D eigenvalue weighted by Gasteiger charge is -2.15.